The van der Waals surface area contributed by atoms with Crippen LogP contribution in [0.3, 0.4) is 0 Å². The maximum absolute atomic E-state index is 12.3. The molecule has 0 aromatic heterocycles. The lowest BCUT2D eigenvalue weighted by atomic mass is 9.88. The molecule has 2 N–H and O–H groups in total. The van der Waals surface area contributed by atoms with Crippen LogP contribution in [0.4, 0.5) is 0 Å². The van der Waals surface area contributed by atoms with E-state index in [4.69, 9.17) is 5.26 Å². The molecule has 1 aromatic carbocycles. The molecule has 0 fully saturated rings. The van der Waals surface area contributed by atoms with Gasteiger partial charge in [-0.05, 0) is 36.1 Å². The van der Waals surface area contributed by atoms with Crippen LogP contribution >= 0.6 is 0 Å². The van der Waals surface area contributed by atoms with Crippen molar-refractivity contribution in [1.82, 2.24) is 4.72 Å². The molecule has 0 saturated carbocycles. The third kappa shape index (κ3) is 4.03. The van der Waals surface area contributed by atoms with E-state index >= 15 is 0 Å². The smallest absolute Gasteiger partial charge is 0.322 e. The molecule has 0 unspecified atom stereocenters. The molecule has 0 spiro atoms. The van der Waals surface area contributed by atoms with Gasteiger partial charge in [0.15, 0.2) is 0 Å². The van der Waals surface area contributed by atoms with Crippen LogP contribution in [0, 0.1) is 23.7 Å². The van der Waals surface area contributed by atoms with Crippen molar-refractivity contribution in [1.29, 1.82) is 5.26 Å². The van der Waals surface area contributed by atoms with Gasteiger partial charge in [0.2, 0.25) is 10.0 Å². The zero-order valence-electron chi connectivity index (χ0n) is 12.3. The second-order valence-electron chi connectivity index (χ2n) is 5.85. The second-order valence-corrected chi connectivity index (χ2v) is 7.56. The fourth-order valence-electron chi connectivity index (χ4n) is 1.75. The minimum Gasteiger partial charge on any atom is -0.480 e. The maximum atomic E-state index is 12.3. The Morgan fingerprint density at radius 2 is 1.95 bits per heavy atom. The van der Waals surface area contributed by atoms with E-state index in [1.807, 2.05) is 6.07 Å². The lowest BCUT2D eigenvalue weighted by molar-refractivity contribution is -0.141. The van der Waals surface area contributed by atoms with Gasteiger partial charge < -0.3 is 5.11 Å². The summed E-state index contributed by atoms with van der Waals surface area (Å²) >= 11 is 0. The van der Waals surface area contributed by atoms with Crippen molar-refractivity contribution in [3.05, 3.63) is 29.3 Å². The molecular weight excluding hydrogens is 292 g/mol. The van der Waals surface area contributed by atoms with Crippen LogP contribution in [0.5, 0.6) is 0 Å². The summed E-state index contributed by atoms with van der Waals surface area (Å²) in [6.45, 7) is 6.53. The van der Waals surface area contributed by atoms with E-state index in [1.165, 1.54) is 18.2 Å². The van der Waals surface area contributed by atoms with Gasteiger partial charge in [-0.15, -0.1) is 0 Å². The first kappa shape index (κ1) is 17.1. The summed E-state index contributed by atoms with van der Waals surface area (Å²) in [5.41, 5.74) is 0.114. The summed E-state index contributed by atoms with van der Waals surface area (Å²) in [5.74, 6) is -1.24. The Kier molecular flexibility index (Phi) is 4.76. The number of benzene rings is 1. The summed E-state index contributed by atoms with van der Waals surface area (Å²) in [5, 5.41) is 18.0. The zero-order chi connectivity index (χ0) is 16.4. The van der Waals surface area contributed by atoms with Gasteiger partial charge in [0, 0.05) is 0 Å². The van der Waals surface area contributed by atoms with Crippen molar-refractivity contribution in [3.8, 4) is 6.07 Å². The molecule has 1 aromatic rings. The molecular formula is C14H18N2O4S. The number of hydrogen-bond acceptors (Lipinski definition) is 4. The second kappa shape index (κ2) is 5.84. The van der Waals surface area contributed by atoms with Crippen molar-refractivity contribution >= 4 is 16.0 Å². The van der Waals surface area contributed by atoms with Gasteiger partial charge in [-0.25, -0.2) is 8.42 Å². The third-order valence-electron chi connectivity index (χ3n) is 3.01. The number of carboxylic acid groups (broad SMARTS) is 1. The van der Waals surface area contributed by atoms with E-state index in [9.17, 15) is 18.3 Å². The summed E-state index contributed by atoms with van der Waals surface area (Å²) in [4.78, 5) is 11.2. The highest BCUT2D eigenvalue weighted by Gasteiger charge is 2.35. The van der Waals surface area contributed by atoms with Gasteiger partial charge in [0.25, 0.3) is 0 Å². The van der Waals surface area contributed by atoms with Gasteiger partial charge >= 0.3 is 5.97 Å². The lowest BCUT2D eigenvalue weighted by Crippen LogP contribution is -2.48. The van der Waals surface area contributed by atoms with Crippen LogP contribution in [0.25, 0.3) is 0 Å². The number of carbonyl (C=O) groups is 1. The van der Waals surface area contributed by atoms with Gasteiger partial charge in [0.1, 0.15) is 6.04 Å². The SMILES string of the molecule is Cc1cc(S(=O)(=O)N[C@H](C(=O)O)C(C)(C)C)ccc1C#N. The molecule has 0 aliphatic rings. The van der Waals surface area contributed by atoms with Crippen molar-refractivity contribution in [3.63, 3.8) is 0 Å². The molecule has 6 nitrogen and oxygen atoms in total. The van der Waals surface area contributed by atoms with Crippen LogP contribution in [0.2, 0.25) is 0 Å². The highest BCUT2D eigenvalue weighted by atomic mass is 32.2. The van der Waals surface area contributed by atoms with Crippen molar-refractivity contribution in [2.24, 2.45) is 5.41 Å². The number of nitriles is 1. The Balaban J connectivity index is 3.21. The molecule has 0 radical (unpaired) electrons. The van der Waals surface area contributed by atoms with E-state index in [2.05, 4.69) is 4.72 Å². The predicted octanol–water partition coefficient (Wildman–Crippen LogP) is 1.64. The van der Waals surface area contributed by atoms with Crippen LogP contribution in [-0.4, -0.2) is 25.5 Å². The lowest BCUT2D eigenvalue weighted by Gasteiger charge is -2.27. The standard InChI is InChI=1S/C14H18N2O4S/c1-9-7-11(6-5-10(9)8-15)21(19,20)16-12(13(17)18)14(2,3)4/h5-7,12,16H,1-4H3,(H,17,18)/t12-/m1/s1. The average Bonchev–Trinajstić information content (AvgIpc) is 2.34. The highest BCUT2D eigenvalue weighted by molar-refractivity contribution is 7.89. The van der Waals surface area contributed by atoms with Crippen LogP contribution in [-0.2, 0) is 14.8 Å². The molecule has 114 valence electrons. The predicted molar refractivity (Wildman–Crippen MR) is 77.1 cm³/mol. The minimum absolute atomic E-state index is 0.0606. The molecule has 0 amide bonds. The summed E-state index contributed by atoms with van der Waals surface area (Å²) in [7, 11) is -3.98. The Morgan fingerprint density at radius 3 is 2.33 bits per heavy atom. The first-order valence-electron chi connectivity index (χ1n) is 6.25. The fourth-order valence-corrected chi connectivity index (χ4v) is 3.23. The molecule has 0 saturated heterocycles. The molecule has 21 heavy (non-hydrogen) atoms. The van der Waals surface area contributed by atoms with E-state index in [0.717, 1.165) is 0 Å². The van der Waals surface area contributed by atoms with Crippen LogP contribution < -0.4 is 4.72 Å². The Bertz CT molecular complexity index is 697. The van der Waals surface area contributed by atoms with E-state index in [1.54, 1.807) is 27.7 Å². The topological polar surface area (TPSA) is 107 Å². The number of hydrogen-bond donors (Lipinski definition) is 2. The monoisotopic (exact) mass is 310 g/mol. The van der Waals surface area contributed by atoms with Crippen LogP contribution in [0.1, 0.15) is 31.9 Å². The van der Waals surface area contributed by atoms with Gasteiger partial charge in [-0.3, -0.25) is 4.79 Å². The number of aliphatic carboxylic acids is 1. The van der Waals surface area contributed by atoms with Crippen LogP contribution in [0.15, 0.2) is 23.1 Å². The molecule has 0 heterocycles. The fraction of sp³-hybridized carbons (Fsp3) is 0.429. The summed E-state index contributed by atoms with van der Waals surface area (Å²) in [6, 6.07) is 4.73. The maximum Gasteiger partial charge on any atom is 0.322 e. The first-order chi connectivity index (χ1) is 9.49. The Hall–Kier alpha value is -1.91. The Morgan fingerprint density at radius 1 is 1.38 bits per heavy atom. The quantitative estimate of drug-likeness (QED) is 0.879. The van der Waals surface area contributed by atoms with Gasteiger partial charge in [-0.2, -0.15) is 9.98 Å². The molecule has 0 bridgehead atoms. The van der Waals surface area contributed by atoms with Gasteiger partial charge in [0.05, 0.1) is 16.5 Å². The number of aryl methyl sites for hydroxylation is 1. The number of sulfonamides is 1. The molecule has 7 heteroatoms. The number of nitrogens with zero attached hydrogens (tertiary/aromatic N) is 1. The number of carboxylic acids is 1. The van der Waals surface area contributed by atoms with E-state index in [-0.39, 0.29) is 4.90 Å². The molecule has 0 aliphatic heterocycles. The van der Waals surface area contributed by atoms with Gasteiger partial charge in [-0.1, -0.05) is 20.8 Å². The average molecular weight is 310 g/mol. The van der Waals surface area contributed by atoms with Crippen molar-refractivity contribution in [2.45, 2.75) is 38.6 Å². The number of rotatable bonds is 4. The normalized spacial score (nSPS) is 13.5. The molecule has 1 rings (SSSR count). The van der Waals surface area contributed by atoms with E-state index < -0.39 is 27.4 Å². The highest BCUT2D eigenvalue weighted by Crippen LogP contribution is 2.22. The largest absolute Gasteiger partial charge is 0.480 e. The Labute approximate surface area is 124 Å². The van der Waals surface area contributed by atoms with Crippen molar-refractivity contribution < 1.29 is 18.3 Å². The third-order valence-corrected chi connectivity index (χ3v) is 4.44. The number of nitrogens with one attached hydrogen (secondary N) is 1. The zero-order valence-corrected chi connectivity index (χ0v) is 13.2. The minimum atomic E-state index is -3.98. The summed E-state index contributed by atoms with van der Waals surface area (Å²) in [6.07, 6.45) is 0. The van der Waals surface area contributed by atoms with Crippen molar-refractivity contribution in [2.75, 3.05) is 0 Å². The molecule has 0 aliphatic carbocycles. The molecule has 1 atom stereocenters. The summed E-state index contributed by atoms with van der Waals surface area (Å²) < 4.78 is 26.8. The van der Waals surface area contributed by atoms with E-state index in [0.29, 0.717) is 11.1 Å². The first-order valence-corrected chi connectivity index (χ1v) is 7.73.